The number of hydrogen-bond acceptors (Lipinski definition) is 8. The molecular weight excluding hydrogens is 433 g/mol. The summed E-state index contributed by atoms with van der Waals surface area (Å²) in [6.07, 6.45) is 2.95. The Bertz CT molecular complexity index is 879. The first-order valence-corrected chi connectivity index (χ1v) is 11.5. The van der Waals surface area contributed by atoms with Crippen LogP contribution in [0.5, 0.6) is 0 Å². The molecule has 0 spiro atoms. The minimum Gasteiger partial charge on any atom is -0.395 e. The van der Waals surface area contributed by atoms with E-state index in [0.29, 0.717) is 12.5 Å². The third kappa shape index (κ3) is 5.78. The zero-order valence-electron chi connectivity index (χ0n) is 18.3. The van der Waals surface area contributed by atoms with Crippen molar-refractivity contribution in [1.82, 2.24) is 19.8 Å². The van der Waals surface area contributed by atoms with Crippen LogP contribution in [0.1, 0.15) is 12.8 Å². The number of alkyl halides is 1. The van der Waals surface area contributed by atoms with E-state index in [4.69, 9.17) is 16.7 Å². The summed E-state index contributed by atoms with van der Waals surface area (Å²) in [7, 11) is 2.04. The zero-order chi connectivity index (χ0) is 22.5. The molecule has 2 saturated heterocycles. The highest BCUT2D eigenvalue weighted by Crippen LogP contribution is 2.24. The van der Waals surface area contributed by atoms with Crippen molar-refractivity contribution >= 4 is 34.7 Å². The van der Waals surface area contributed by atoms with Crippen LogP contribution < -0.4 is 15.5 Å². The number of likely N-dealkylation sites (tertiary alicyclic amines) is 1. The van der Waals surface area contributed by atoms with Crippen LogP contribution in [0.3, 0.4) is 0 Å². The normalized spacial score (nSPS) is 21.0. The SMILES string of the molecule is CN1CCN(c2ccc(Nc3ncc(F)c(NC4CCN(CCO)CC4)n3)cc2)CC1Cl. The van der Waals surface area contributed by atoms with E-state index in [-0.39, 0.29) is 24.0 Å². The molecule has 3 heterocycles. The van der Waals surface area contributed by atoms with Gasteiger partial charge in [0.25, 0.3) is 0 Å². The molecule has 1 unspecified atom stereocenters. The number of halogens is 2. The molecule has 4 rings (SSSR count). The molecule has 1 aromatic carbocycles. The molecule has 0 bridgehead atoms. The van der Waals surface area contributed by atoms with Gasteiger partial charge >= 0.3 is 0 Å². The number of nitrogens with one attached hydrogen (secondary N) is 2. The van der Waals surface area contributed by atoms with Gasteiger partial charge in [0.05, 0.1) is 12.8 Å². The smallest absolute Gasteiger partial charge is 0.229 e. The van der Waals surface area contributed by atoms with Gasteiger partial charge in [-0.15, -0.1) is 11.6 Å². The number of anilines is 4. The Morgan fingerprint density at radius 3 is 2.59 bits per heavy atom. The Kier molecular flexibility index (Phi) is 7.62. The third-order valence-corrected chi connectivity index (χ3v) is 6.62. The van der Waals surface area contributed by atoms with Crippen molar-refractivity contribution in [2.45, 2.75) is 24.4 Å². The fraction of sp³-hybridized carbons (Fsp3) is 0.545. The maximum Gasteiger partial charge on any atom is 0.229 e. The molecular formula is C22H31ClFN7O. The van der Waals surface area contributed by atoms with Gasteiger partial charge in [-0.3, -0.25) is 4.90 Å². The summed E-state index contributed by atoms with van der Waals surface area (Å²) in [5.41, 5.74) is 1.95. The van der Waals surface area contributed by atoms with Crippen molar-refractivity contribution in [2.75, 3.05) is 68.5 Å². The molecule has 2 aromatic rings. The maximum absolute atomic E-state index is 14.3. The molecule has 8 nitrogen and oxygen atoms in total. The number of benzene rings is 1. The van der Waals surface area contributed by atoms with Crippen molar-refractivity contribution in [1.29, 1.82) is 0 Å². The van der Waals surface area contributed by atoms with Crippen molar-refractivity contribution in [3.8, 4) is 0 Å². The maximum atomic E-state index is 14.3. The molecule has 2 aliphatic rings. The molecule has 32 heavy (non-hydrogen) atoms. The lowest BCUT2D eigenvalue weighted by Crippen LogP contribution is -2.49. The summed E-state index contributed by atoms with van der Waals surface area (Å²) in [6.45, 7) is 5.23. The summed E-state index contributed by atoms with van der Waals surface area (Å²) in [4.78, 5) is 15.1. The molecule has 3 N–H and O–H groups in total. The number of piperazine rings is 1. The van der Waals surface area contributed by atoms with Crippen LogP contribution >= 0.6 is 11.6 Å². The van der Waals surface area contributed by atoms with E-state index in [1.54, 1.807) is 0 Å². The first-order valence-electron chi connectivity index (χ1n) is 11.1. The van der Waals surface area contributed by atoms with Crippen molar-refractivity contribution < 1.29 is 9.50 Å². The highest BCUT2D eigenvalue weighted by atomic mass is 35.5. The first kappa shape index (κ1) is 23.0. The number of β-amino-alcohol motifs (C(OH)–C–C–N with tert-alkyl or cyclic N) is 1. The Labute approximate surface area is 193 Å². The molecule has 0 amide bonds. The van der Waals surface area contributed by atoms with Crippen LogP contribution in [-0.4, -0.2) is 89.3 Å². The lowest BCUT2D eigenvalue weighted by Gasteiger charge is -2.37. The van der Waals surface area contributed by atoms with Gasteiger partial charge in [-0.1, -0.05) is 0 Å². The molecule has 174 valence electrons. The second-order valence-corrected chi connectivity index (χ2v) is 8.91. The van der Waals surface area contributed by atoms with Crippen molar-refractivity contribution in [3.63, 3.8) is 0 Å². The van der Waals surface area contributed by atoms with Gasteiger partial charge in [-0.2, -0.15) is 4.98 Å². The number of hydrogen-bond donors (Lipinski definition) is 3. The standard InChI is InChI=1S/C22H31ClFN7O/c1-29-10-11-31(15-20(29)23)18-4-2-16(3-5-18)27-22-25-14-19(24)21(28-22)26-17-6-8-30(9-7-17)12-13-32/h2-5,14,17,20,32H,6-13,15H2,1H3,(H2,25,26,27,28). The Hall–Kier alpha value is -2.20. The fourth-order valence-electron chi connectivity index (χ4n) is 4.11. The number of aromatic nitrogens is 2. The summed E-state index contributed by atoms with van der Waals surface area (Å²) >= 11 is 6.38. The summed E-state index contributed by atoms with van der Waals surface area (Å²) < 4.78 is 14.3. The second-order valence-electron chi connectivity index (χ2n) is 8.41. The number of aliphatic hydroxyl groups is 1. The molecule has 2 aliphatic heterocycles. The molecule has 10 heteroatoms. The quantitative estimate of drug-likeness (QED) is 0.427. The van der Waals surface area contributed by atoms with Crippen LogP contribution in [0.15, 0.2) is 30.5 Å². The van der Waals surface area contributed by atoms with E-state index >= 15 is 0 Å². The van der Waals surface area contributed by atoms with Gasteiger partial charge in [0.2, 0.25) is 5.95 Å². The van der Waals surface area contributed by atoms with Crippen molar-refractivity contribution in [2.24, 2.45) is 0 Å². The Morgan fingerprint density at radius 2 is 1.91 bits per heavy atom. The van der Waals surface area contributed by atoms with E-state index in [1.165, 1.54) is 6.20 Å². The Morgan fingerprint density at radius 1 is 1.16 bits per heavy atom. The van der Waals surface area contributed by atoms with E-state index in [2.05, 4.69) is 35.3 Å². The van der Waals surface area contributed by atoms with Crippen LogP contribution in [0.25, 0.3) is 0 Å². The minimum atomic E-state index is -0.464. The topological polar surface area (TPSA) is 79.8 Å². The van der Waals surface area contributed by atoms with E-state index in [0.717, 1.165) is 56.9 Å². The van der Waals surface area contributed by atoms with Crippen LogP contribution in [0.2, 0.25) is 0 Å². The van der Waals surface area contributed by atoms with Crippen LogP contribution in [0, 0.1) is 5.82 Å². The molecule has 0 radical (unpaired) electrons. The molecule has 0 saturated carbocycles. The molecule has 1 atom stereocenters. The second kappa shape index (κ2) is 10.6. The van der Waals surface area contributed by atoms with Gasteiger partial charge in [-0.05, 0) is 44.2 Å². The zero-order valence-corrected chi connectivity index (χ0v) is 19.1. The summed E-state index contributed by atoms with van der Waals surface area (Å²) in [5, 5.41) is 15.4. The van der Waals surface area contributed by atoms with Crippen LogP contribution in [0.4, 0.5) is 27.5 Å². The lowest BCUT2D eigenvalue weighted by atomic mass is 10.1. The lowest BCUT2D eigenvalue weighted by molar-refractivity contribution is 0.168. The highest BCUT2D eigenvalue weighted by molar-refractivity contribution is 6.20. The number of likely N-dealkylation sites (N-methyl/N-ethyl adjacent to an activating group) is 1. The largest absolute Gasteiger partial charge is 0.395 e. The predicted octanol–water partition coefficient (Wildman–Crippen LogP) is 2.54. The average molecular weight is 464 g/mol. The van der Waals surface area contributed by atoms with Crippen molar-refractivity contribution in [3.05, 3.63) is 36.3 Å². The Balaban J connectivity index is 1.35. The van der Waals surface area contributed by atoms with Gasteiger partial charge < -0.3 is 25.5 Å². The fourth-order valence-corrected chi connectivity index (χ4v) is 4.38. The van der Waals surface area contributed by atoms with Gasteiger partial charge in [0, 0.05) is 56.7 Å². The molecule has 0 aliphatic carbocycles. The van der Waals surface area contributed by atoms with Crippen LogP contribution in [-0.2, 0) is 0 Å². The minimum absolute atomic E-state index is 0.00185. The summed E-state index contributed by atoms with van der Waals surface area (Å²) in [6, 6.07) is 8.16. The number of piperidine rings is 1. The predicted molar refractivity (Wildman–Crippen MR) is 126 cm³/mol. The summed E-state index contributed by atoms with van der Waals surface area (Å²) in [5.74, 6) is 0.0967. The number of rotatable bonds is 7. The van der Waals surface area contributed by atoms with E-state index in [1.807, 2.05) is 31.3 Å². The average Bonchev–Trinajstić information content (AvgIpc) is 2.80. The number of aliphatic hydroxyl groups excluding tert-OH is 1. The number of nitrogens with zero attached hydrogens (tertiary/aromatic N) is 5. The van der Waals surface area contributed by atoms with Gasteiger partial charge in [0.15, 0.2) is 11.6 Å². The first-order chi connectivity index (χ1) is 15.5. The molecule has 2 fully saturated rings. The van der Waals surface area contributed by atoms with E-state index in [9.17, 15) is 4.39 Å². The van der Waals surface area contributed by atoms with Gasteiger partial charge in [-0.25, -0.2) is 9.37 Å². The third-order valence-electron chi connectivity index (χ3n) is 6.15. The molecule has 1 aromatic heterocycles. The monoisotopic (exact) mass is 463 g/mol. The highest BCUT2D eigenvalue weighted by Gasteiger charge is 2.23. The van der Waals surface area contributed by atoms with E-state index < -0.39 is 5.82 Å². The van der Waals surface area contributed by atoms with Gasteiger partial charge in [0.1, 0.15) is 5.50 Å².